The van der Waals surface area contributed by atoms with Crippen molar-refractivity contribution in [2.45, 2.75) is 25.4 Å². The van der Waals surface area contributed by atoms with Crippen LogP contribution in [0.3, 0.4) is 0 Å². The van der Waals surface area contributed by atoms with E-state index in [0.717, 1.165) is 19.4 Å². The van der Waals surface area contributed by atoms with Crippen LogP contribution in [0.25, 0.3) is 0 Å². The number of aliphatic hydroxyl groups is 1. The molecule has 0 aromatic rings. The number of amides is 3. The second kappa shape index (κ2) is 5.00. The summed E-state index contributed by atoms with van der Waals surface area (Å²) in [7, 11) is 3.45. The summed E-state index contributed by atoms with van der Waals surface area (Å²) in [4.78, 5) is 29.2. The average molecular weight is 269 g/mol. The van der Waals surface area contributed by atoms with Gasteiger partial charge in [-0.3, -0.25) is 4.79 Å². The van der Waals surface area contributed by atoms with Crippen LogP contribution in [0.15, 0.2) is 0 Å². The second-order valence-corrected chi connectivity index (χ2v) is 6.15. The van der Waals surface area contributed by atoms with Crippen LogP contribution in [0.4, 0.5) is 4.79 Å². The lowest BCUT2D eigenvalue weighted by molar-refractivity contribution is -0.158. The summed E-state index contributed by atoms with van der Waals surface area (Å²) < 4.78 is 0. The Kier molecular flexibility index (Phi) is 3.71. The fourth-order valence-corrected chi connectivity index (χ4v) is 2.83. The number of urea groups is 1. The Labute approximate surface area is 114 Å². The Morgan fingerprint density at radius 1 is 1.26 bits per heavy atom. The largest absolute Gasteiger partial charge is 0.386 e. The normalized spacial score (nSPS) is 25.8. The number of rotatable bonds is 1. The van der Waals surface area contributed by atoms with Gasteiger partial charge in [0.25, 0.3) is 0 Å². The summed E-state index contributed by atoms with van der Waals surface area (Å²) in [6.07, 6.45) is 1.69. The van der Waals surface area contributed by atoms with E-state index in [1.807, 2.05) is 0 Å². The molecule has 2 rings (SSSR count). The van der Waals surface area contributed by atoms with E-state index in [1.54, 1.807) is 35.7 Å². The van der Waals surface area contributed by atoms with Crippen LogP contribution in [-0.4, -0.2) is 77.6 Å². The third kappa shape index (κ3) is 3.00. The molecule has 1 N–H and O–H groups in total. The van der Waals surface area contributed by atoms with E-state index in [2.05, 4.69) is 0 Å². The van der Waals surface area contributed by atoms with Crippen LogP contribution in [0.2, 0.25) is 0 Å². The monoisotopic (exact) mass is 269 g/mol. The van der Waals surface area contributed by atoms with Crippen LogP contribution in [-0.2, 0) is 4.79 Å². The standard InChI is InChI=1S/C13H23N3O3/c1-13(19)8-16(9-13)11(17)10-5-4-6-15(7-10)12(18)14(2)3/h10,19H,4-9H2,1-3H3. The summed E-state index contributed by atoms with van der Waals surface area (Å²) in [5.74, 6) is -0.0449. The summed E-state index contributed by atoms with van der Waals surface area (Å²) >= 11 is 0. The molecule has 0 radical (unpaired) electrons. The molecular weight excluding hydrogens is 246 g/mol. The van der Waals surface area contributed by atoms with Gasteiger partial charge >= 0.3 is 6.03 Å². The maximum atomic E-state index is 12.3. The quantitative estimate of drug-likeness (QED) is 0.727. The molecule has 2 fully saturated rings. The first-order chi connectivity index (χ1) is 8.80. The number of likely N-dealkylation sites (tertiary alicyclic amines) is 2. The predicted octanol–water partition coefficient (Wildman–Crippen LogP) is -0.0268. The van der Waals surface area contributed by atoms with Gasteiger partial charge in [-0.1, -0.05) is 0 Å². The highest BCUT2D eigenvalue weighted by Gasteiger charge is 2.42. The number of carbonyl (C=O) groups excluding carboxylic acids is 2. The zero-order valence-corrected chi connectivity index (χ0v) is 11.9. The minimum Gasteiger partial charge on any atom is -0.386 e. The van der Waals surface area contributed by atoms with Gasteiger partial charge in [0.15, 0.2) is 0 Å². The molecule has 1 atom stereocenters. The number of hydrogen-bond acceptors (Lipinski definition) is 3. The molecule has 0 spiro atoms. The summed E-state index contributed by atoms with van der Waals surface area (Å²) in [6.45, 7) is 3.76. The molecule has 0 aromatic carbocycles. The zero-order valence-electron chi connectivity index (χ0n) is 11.9. The van der Waals surface area contributed by atoms with Crippen molar-refractivity contribution in [2.24, 2.45) is 5.92 Å². The number of piperidine rings is 1. The summed E-state index contributed by atoms with van der Waals surface area (Å²) in [5, 5.41) is 9.68. The molecule has 0 bridgehead atoms. The highest BCUT2D eigenvalue weighted by Crippen LogP contribution is 2.26. The molecule has 6 nitrogen and oxygen atoms in total. The van der Waals surface area contributed by atoms with E-state index in [9.17, 15) is 14.7 Å². The molecule has 2 aliphatic heterocycles. The fraction of sp³-hybridized carbons (Fsp3) is 0.846. The minimum atomic E-state index is -0.733. The molecule has 0 aromatic heterocycles. The van der Waals surface area contributed by atoms with Gasteiger partial charge in [-0.15, -0.1) is 0 Å². The highest BCUT2D eigenvalue weighted by atomic mass is 16.3. The van der Waals surface area contributed by atoms with E-state index in [4.69, 9.17) is 0 Å². The third-order valence-electron chi connectivity index (χ3n) is 3.80. The van der Waals surface area contributed by atoms with E-state index >= 15 is 0 Å². The zero-order chi connectivity index (χ0) is 14.2. The van der Waals surface area contributed by atoms with Crippen LogP contribution in [0, 0.1) is 5.92 Å². The lowest BCUT2D eigenvalue weighted by Crippen LogP contribution is -2.63. The third-order valence-corrected chi connectivity index (χ3v) is 3.80. The smallest absolute Gasteiger partial charge is 0.319 e. The maximum Gasteiger partial charge on any atom is 0.319 e. The van der Waals surface area contributed by atoms with Crippen molar-refractivity contribution >= 4 is 11.9 Å². The number of β-amino-alcohol motifs (C(OH)–C–C–N with tert-alkyl or cyclic N) is 1. The highest BCUT2D eigenvalue weighted by molar-refractivity contribution is 5.81. The molecule has 2 saturated heterocycles. The molecule has 2 heterocycles. The molecule has 19 heavy (non-hydrogen) atoms. The van der Waals surface area contributed by atoms with E-state index in [0.29, 0.717) is 19.6 Å². The van der Waals surface area contributed by atoms with E-state index < -0.39 is 5.60 Å². The average Bonchev–Trinajstić information content (AvgIpc) is 2.34. The molecular formula is C13H23N3O3. The number of nitrogens with zero attached hydrogens (tertiary/aromatic N) is 3. The minimum absolute atomic E-state index is 0.0342. The molecule has 1 unspecified atom stereocenters. The van der Waals surface area contributed by atoms with Crippen molar-refractivity contribution < 1.29 is 14.7 Å². The Morgan fingerprint density at radius 2 is 1.89 bits per heavy atom. The topological polar surface area (TPSA) is 64.1 Å². The Bertz CT molecular complexity index is 373. The van der Waals surface area contributed by atoms with Gasteiger partial charge in [0, 0.05) is 27.2 Å². The van der Waals surface area contributed by atoms with Gasteiger partial charge < -0.3 is 19.8 Å². The Hall–Kier alpha value is -1.30. The van der Waals surface area contributed by atoms with Crippen molar-refractivity contribution in [3.05, 3.63) is 0 Å². The van der Waals surface area contributed by atoms with Gasteiger partial charge in [-0.2, -0.15) is 0 Å². The molecule has 108 valence electrons. The predicted molar refractivity (Wildman–Crippen MR) is 70.6 cm³/mol. The van der Waals surface area contributed by atoms with Gasteiger partial charge in [0.1, 0.15) is 0 Å². The Balaban J connectivity index is 1.91. The molecule has 0 aliphatic carbocycles. The van der Waals surface area contributed by atoms with E-state index in [1.165, 1.54) is 0 Å². The first-order valence-electron chi connectivity index (χ1n) is 6.77. The summed E-state index contributed by atoms with van der Waals surface area (Å²) in [6, 6.07) is -0.0342. The molecule has 0 saturated carbocycles. The molecule has 3 amide bonds. The SMILES string of the molecule is CN(C)C(=O)N1CCCC(C(=O)N2CC(C)(O)C2)C1. The lowest BCUT2D eigenvalue weighted by atomic mass is 9.91. The molecule has 2 aliphatic rings. The fourth-order valence-electron chi connectivity index (χ4n) is 2.83. The number of hydrogen-bond donors (Lipinski definition) is 1. The van der Waals surface area contributed by atoms with Gasteiger partial charge in [-0.25, -0.2) is 4.79 Å². The van der Waals surface area contributed by atoms with Crippen molar-refractivity contribution in [3.8, 4) is 0 Å². The van der Waals surface area contributed by atoms with Crippen LogP contribution < -0.4 is 0 Å². The van der Waals surface area contributed by atoms with Gasteiger partial charge in [0.05, 0.1) is 24.6 Å². The second-order valence-electron chi connectivity index (χ2n) is 6.15. The maximum absolute atomic E-state index is 12.3. The van der Waals surface area contributed by atoms with Crippen LogP contribution in [0.5, 0.6) is 0 Å². The van der Waals surface area contributed by atoms with Crippen molar-refractivity contribution in [1.82, 2.24) is 14.7 Å². The lowest BCUT2D eigenvalue weighted by Gasteiger charge is -2.46. The van der Waals surface area contributed by atoms with Crippen molar-refractivity contribution in [1.29, 1.82) is 0 Å². The first kappa shape index (κ1) is 14.1. The van der Waals surface area contributed by atoms with Crippen LogP contribution in [0.1, 0.15) is 19.8 Å². The number of carbonyl (C=O) groups is 2. The van der Waals surface area contributed by atoms with E-state index in [-0.39, 0.29) is 17.9 Å². The van der Waals surface area contributed by atoms with Gasteiger partial charge in [0.2, 0.25) is 5.91 Å². The first-order valence-corrected chi connectivity index (χ1v) is 6.77. The Morgan fingerprint density at radius 3 is 2.42 bits per heavy atom. The molecule has 6 heteroatoms. The summed E-state index contributed by atoms with van der Waals surface area (Å²) in [5.41, 5.74) is -0.733. The van der Waals surface area contributed by atoms with Crippen molar-refractivity contribution in [2.75, 3.05) is 40.3 Å². The van der Waals surface area contributed by atoms with Crippen LogP contribution >= 0.6 is 0 Å². The van der Waals surface area contributed by atoms with Gasteiger partial charge in [-0.05, 0) is 19.8 Å². The van der Waals surface area contributed by atoms with Crippen molar-refractivity contribution in [3.63, 3.8) is 0 Å².